The molecule has 28 heavy (non-hydrogen) atoms. The molecular weight excluding hydrogens is 350 g/mol. The van der Waals surface area contributed by atoms with E-state index in [-0.39, 0.29) is 12.1 Å². The summed E-state index contributed by atoms with van der Waals surface area (Å²) in [7, 11) is 0. The van der Waals surface area contributed by atoms with Crippen molar-refractivity contribution in [2.24, 2.45) is 5.41 Å². The van der Waals surface area contributed by atoms with Crippen molar-refractivity contribution in [3.63, 3.8) is 0 Å². The van der Waals surface area contributed by atoms with Gasteiger partial charge in [0.05, 0.1) is 5.60 Å². The Kier molecular flexibility index (Phi) is 5.30. The first kappa shape index (κ1) is 19.6. The van der Waals surface area contributed by atoms with E-state index in [9.17, 15) is 9.90 Å². The van der Waals surface area contributed by atoms with E-state index in [2.05, 4.69) is 34.5 Å². The molecule has 1 saturated carbocycles. The van der Waals surface area contributed by atoms with Crippen LogP contribution in [0.1, 0.15) is 57.9 Å². The zero-order valence-electron chi connectivity index (χ0n) is 17.4. The molecule has 2 N–H and O–H groups in total. The number of anilines is 1. The first-order chi connectivity index (χ1) is 13.4. The molecule has 5 nitrogen and oxygen atoms in total. The number of aliphatic hydroxyl groups is 1. The van der Waals surface area contributed by atoms with Crippen molar-refractivity contribution in [2.45, 2.75) is 70.4 Å². The number of fused-ring (bicyclic) bond motifs is 1. The number of nitrogens with zero attached hydrogens (tertiary/aromatic N) is 2. The molecule has 4 rings (SSSR count). The van der Waals surface area contributed by atoms with Gasteiger partial charge in [0.15, 0.2) is 0 Å². The molecule has 5 heteroatoms. The second-order valence-corrected chi connectivity index (χ2v) is 9.62. The van der Waals surface area contributed by atoms with Crippen LogP contribution in [0.5, 0.6) is 0 Å². The molecule has 0 unspecified atom stereocenters. The van der Waals surface area contributed by atoms with E-state index in [1.54, 1.807) is 0 Å². The Morgan fingerprint density at radius 3 is 2.43 bits per heavy atom. The number of carbonyl (C=O) groups excluding carboxylic acids is 1. The number of amides is 2. The molecule has 0 bridgehead atoms. The maximum absolute atomic E-state index is 12.2. The minimum atomic E-state index is -0.575. The number of β-amino-alcohol motifs (C(OH)–C–C–N with tert-alkyl or cyclic N) is 1. The van der Waals surface area contributed by atoms with Crippen LogP contribution in [0.25, 0.3) is 0 Å². The van der Waals surface area contributed by atoms with E-state index in [1.807, 2.05) is 18.7 Å². The van der Waals surface area contributed by atoms with E-state index < -0.39 is 5.60 Å². The van der Waals surface area contributed by atoms with E-state index in [4.69, 9.17) is 0 Å². The van der Waals surface area contributed by atoms with Gasteiger partial charge in [-0.1, -0.05) is 18.2 Å². The van der Waals surface area contributed by atoms with Gasteiger partial charge in [-0.25, -0.2) is 4.79 Å². The summed E-state index contributed by atoms with van der Waals surface area (Å²) < 4.78 is 0. The van der Waals surface area contributed by atoms with Gasteiger partial charge >= 0.3 is 6.03 Å². The molecule has 1 spiro atoms. The largest absolute Gasteiger partial charge is 0.388 e. The summed E-state index contributed by atoms with van der Waals surface area (Å²) in [5.41, 5.74) is 2.46. The third kappa shape index (κ3) is 4.00. The van der Waals surface area contributed by atoms with Gasteiger partial charge in [-0.3, -0.25) is 0 Å². The lowest BCUT2D eigenvalue weighted by Gasteiger charge is -2.49. The van der Waals surface area contributed by atoms with E-state index in [0.717, 1.165) is 71.1 Å². The fraction of sp³-hybridized carbons (Fsp3) is 0.696. The number of urea groups is 1. The normalized spacial score (nSPS) is 23.1. The lowest BCUT2D eigenvalue weighted by Crippen LogP contribution is -2.52. The zero-order chi connectivity index (χ0) is 19.8. The highest BCUT2D eigenvalue weighted by atomic mass is 16.3. The predicted octanol–water partition coefficient (Wildman–Crippen LogP) is 3.55. The number of likely N-dealkylation sites (tertiary alicyclic amines) is 1. The summed E-state index contributed by atoms with van der Waals surface area (Å²) in [6.07, 6.45) is 7.15. The highest BCUT2D eigenvalue weighted by Gasteiger charge is 2.44. The van der Waals surface area contributed by atoms with Crippen LogP contribution in [0, 0.1) is 5.41 Å². The minimum Gasteiger partial charge on any atom is -0.388 e. The number of para-hydroxylation sites is 1. The minimum absolute atomic E-state index is 0.0739. The molecule has 1 aliphatic carbocycles. The van der Waals surface area contributed by atoms with Crippen molar-refractivity contribution in [1.29, 1.82) is 0 Å². The van der Waals surface area contributed by atoms with Gasteiger partial charge in [-0.15, -0.1) is 0 Å². The molecule has 154 valence electrons. The Bertz CT molecular complexity index is 700. The Morgan fingerprint density at radius 1 is 1.07 bits per heavy atom. The molecule has 0 atom stereocenters. The highest BCUT2D eigenvalue weighted by Crippen LogP contribution is 2.48. The zero-order valence-corrected chi connectivity index (χ0v) is 17.4. The van der Waals surface area contributed by atoms with Crippen LogP contribution in [-0.4, -0.2) is 53.9 Å². The van der Waals surface area contributed by atoms with Crippen molar-refractivity contribution in [3.8, 4) is 0 Å². The molecule has 0 radical (unpaired) electrons. The van der Waals surface area contributed by atoms with Crippen LogP contribution in [0.3, 0.4) is 0 Å². The average molecular weight is 386 g/mol. The van der Waals surface area contributed by atoms with Gasteiger partial charge in [-0.2, -0.15) is 0 Å². The molecule has 2 amide bonds. The summed E-state index contributed by atoms with van der Waals surface area (Å²) in [6, 6.07) is 8.86. The van der Waals surface area contributed by atoms with Crippen molar-refractivity contribution < 1.29 is 9.90 Å². The van der Waals surface area contributed by atoms with Crippen LogP contribution in [0.2, 0.25) is 0 Å². The maximum atomic E-state index is 12.2. The van der Waals surface area contributed by atoms with E-state index >= 15 is 0 Å². The smallest absolute Gasteiger partial charge is 0.317 e. The van der Waals surface area contributed by atoms with Gasteiger partial charge in [-0.05, 0) is 75.8 Å². The Balaban J connectivity index is 1.31. The number of rotatable bonds is 3. The Morgan fingerprint density at radius 2 is 1.75 bits per heavy atom. The summed E-state index contributed by atoms with van der Waals surface area (Å²) in [6.45, 7) is 7.47. The molecule has 1 aromatic carbocycles. The fourth-order valence-electron chi connectivity index (χ4n) is 5.35. The molecule has 1 saturated heterocycles. The van der Waals surface area contributed by atoms with Crippen molar-refractivity contribution in [2.75, 3.05) is 31.1 Å². The number of hydrogen-bond donors (Lipinski definition) is 2. The third-order valence-corrected chi connectivity index (χ3v) is 7.23. The van der Waals surface area contributed by atoms with Crippen molar-refractivity contribution >= 4 is 11.7 Å². The molecule has 3 aliphatic rings. The summed E-state index contributed by atoms with van der Waals surface area (Å²) >= 11 is 0. The van der Waals surface area contributed by atoms with E-state index in [1.165, 1.54) is 11.3 Å². The van der Waals surface area contributed by atoms with Crippen LogP contribution < -0.4 is 10.2 Å². The molecule has 1 aromatic rings. The quantitative estimate of drug-likeness (QED) is 0.837. The molecule has 2 aliphatic heterocycles. The van der Waals surface area contributed by atoms with Gasteiger partial charge in [0.25, 0.3) is 0 Å². The molecule has 0 aromatic heterocycles. The Labute approximate surface area is 169 Å². The third-order valence-electron chi connectivity index (χ3n) is 7.23. The molecular formula is C23H35N3O2. The summed E-state index contributed by atoms with van der Waals surface area (Å²) in [5, 5.41) is 14.3. The second-order valence-electron chi connectivity index (χ2n) is 9.62. The molecule has 2 fully saturated rings. The summed E-state index contributed by atoms with van der Waals surface area (Å²) in [4.78, 5) is 16.6. The molecule has 2 heterocycles. The van der Waals surface area contributed by atoms with Crippen molar-refractivity contribution in [1.82, 2.24) is 10.2 Å². The maximum Gasteiger partial charge on any atom is 0.317 e. The van der Waals surface area contributed by atoms with Crippen LogP contribution in [0.4, 0.5) is 10.5 Å². The Hall–Kier alpha value is -1.75. The standard InChI is InChI=1S/C23H35N3O2/c1-18(2)24-21(27)25-15-12-22(13-16-25)8-10-23(28,11-9-22)17-26-14-7-19-5-3-4-6-20(19)26/h3-6,18,28H,7-17H2,1-2H3,(H,24,27). The number of hydrogen-bond acceptors (Lipinski definition) is 3. The van der Waals surface area contributed by atoms with Crippen LogP contribution in [-0.2, 0) is 6.42 Å². The van der Waals surface area contributed by atoms with Crippen LogP contribution >= 0.6 is 0 Å². The number of carbonyl (C=O) groups is 1. The SMILES string of the molecule is CC(C)NC(=O)N1CCC2(CC1)CCC(O)(CN1CCc3ccccc31)CC2. The number of benzene rings is 1. The van der Waals surface area contributed by atoms with Gasteiger partial charge in [0.1, 0.15) is 0 Å². The second kappa shape index (κ2) is 7.58. The lowest BCUT2D eigenvalue weighted by atomic mass is 9.64. The predicted molar refractivity (Wildman–Crippen MR) is 113 cm³/mol. The van der Waals surface area contributed by atoms with Gasteiger partial charge in [0, 0.05) is 37.9 Å². The lowest BCUT2D eigenvalue weighted by molar-refractivity contribution is -0.0433. The van der Waals surface area contributed by atoms with Crippen LogP contribution in [0.15, 0.2) is 24.3 Å². The topological polar surface area (TPSA) is 55.8 Å². The van der Waals surface area contributed by atoms with E-state index in [0.29, 0.717) is 5.41 Å². The van der Waals surface area contributed by atoms with Gasteiger partial charge < -0.3 is 20.2 Å². The number of nitrogens with one attached hydrogen (secondary N) is 1. The fourth-order valence-corrected chi connectivity index (χ4v) is 5.35. The highest BCUT2D eigenvalue weighted by molar-refractivity contribution is 5.74. The first-order valence-electron chi connectivity index (χ1n) is 11.0. The number of piperidine rings is 1. The first-order valence-corrected chi connectivity index (χ1v) is 11.0. The van der Waals surface area contributed by atoms with Gasteiger partial charge in [0.2, 0.25) is 0 Å². The average Bonchev–Trinajstić information content (AvgIpc) is 3.07. The van der Waals surface area contributed by atoms with Crippen molar-refractivity contribution in [3.05, 3.63) is 29.8 Å². The monoisotopic (exact) mass is 385 g/mol. The summed E-state index contributed by atoms with van der Waals surface area (Å²) in [5.74, 6) is 0.